The summed E-state index contributed by atoms with van der Waals surface area (Å²) >= 11 is 1.27. The highest BCUT2D eigenvalue weighted by atomic mass is 32.2. The summed E-state index contributed by atoms with van der Waals surface area (Å²) in [5, 5.41) is 15.5. The molecule has 1 fully saturated rings. The minimum absolute atomic E-state index is 0.0289. The summed E-state index contributed by atoms with van der Waals surface area (Å²) in [5.41, 5.74) is 3.35. The summed E-state index contributed by atoms with van der Waals surface area (Å²) in [7, 11) is -4.00. The van der Waals surface area contributed by atoms with E-state index in [4.69, 9.17) is 0 Å². The fourth-order valence-electron chi connectivity index (χ4n) is 3.56. The zero-order chi connectivity index (χ0) is 20.3. The van der Waals surface area contributed by atoms with E-state index in [1.165, 1.54) is 22.1 Å². The van der Waals surface area contributed by atoms with E-state index in [0.717, 1.165) is 12.8 Å². The van der Waals surface area contributed by atoms with Gasteiger partial charge in [-0.15, -0.1) is 15.7 Å². The zero-order valence-corrected chi connectivity index (χ0v) is 17.0. The van der Waals surface area contributed by atoms with Crippen molar-refractivity contribution in [3.05, 3.63) is 51.6 Å². The quantitative estimate of drug-likeness (QED) is 0.587. The van der Waals surface area contributed by atoms with E-state index in [0.29, 0.717) is 21.8 Å². The number of fused-ring (bicyclic) bond motifs is 2. The molecule has 1 atom stereocenters. The molecule has 0 saturated heterocycles. The number of sulfonamides is 1. The van der Waals surface area contributed by atoms with Gasteiger partial charge < -0.3 is 15.8 Å². The third kappa shape index (κ3) is 2.90. The SMILES string of the molecule is CC(Nn1c(=O)c(C2=NS(=O)(=O)c3ccccc3N2)c(O)c2sccc21)C1CC1. The Labute approximate surface area is 170 Å². The Kier molecular flexibility index (Phi) is 3.97. The number of anilines is 1. The van der Waals surface area contributed by atoms with E-state index in [2.05, 4.69) is 15.1 Å². The molecular formula is C19H18N4O4S2. The molecule has 0 bridgehead atoms. The van der Waals surface area contributed by atoms with Gasteiger partial charge >= 0.3 is 0 Å². The highest BCUT2D eigenvalue weighted by molar-refractivity contribution is 7.90. The molecule has 1 aliphatic heterocycles. The lowest BCUT2D eigenvalue weighted by Gasteiger charge is -2.22. The standard InChI is InChI=1S/C19H18N4O4S2/c1-10(11-6-7-11)21-23-13-8-9-28-17(13)16(24)15(19(23)25)18-20-12-4-2-3-5-14(12)29(26,27)22-18/h2-5,8-11,21,24H,6-7H2,1H3,(H,20,22). The van der Waals surface area contributed by atoms with Gasteiger partial charge in [-0.1, -0.05) is 12.1 Å². The Morgan fingerprint density at radius 2 is 2.07 bits per heavy atom. The average Bonchev–Trinajstić information content (AvgIpc) is 3.41. The number of para-hydroxylation sites is 1. The Hall–Kier alpha value is -2.85. The van der Waals surface area contributed by atoms with E-state index in [9.17, 15) is 18.3 Å². The molecule has 2 aliphatic rings. The van der Waals surface area contributed by atoms with Crippen LogP contribution < -0.4 is 16.3 Å². The lowest BCUT2D eigenvalue weighted by Crippen LogP contribution is -2.39. The van der Waals surface area contributed by atoms with Crippen LogP contribution in [0, 0.1) is 5.92 Å². The van der Waals surface area contributed by atoms with Crippen LogP contribution in [0.2, 0.25) is 0 Å². The van der Waals surface area contributed by atoms with Gasteiger partial charge in [-0.05, 0) is 49.3 Å². The second-order valence-corrected chi connectivity index (χ2v) is 9.78. The first-order valence-electron chi connectivity index (χ1n) is 9.20. The Bertz CT molecular complexity index is 1340. The van der Waals surface area contributed by atoms with Gasteiger partial charge in [-0.2, -0.15) is 8.42 Å². The number of rotatable bonds is 4. The highest BCUT2D eigenvalue weighted by Crippen LogP contribution is 2.36. The number of aromatic hydroxyl groups is 1. The van der Waals surface area contributed by atoms with E-state index in [1.807, 2.05) is 6.92 Å². The molecule has 8 nitrogen and oxygen atoms in total. The average molecular weight is 431 g/mol. The number of nitrogens with zero attached hydrogens (tertiary/aromatic N) is 2. The molecule has 3 N–H and O–H groups in total. The van der Waals surface area contributed by atoms with Gasteiger partial charge in [-0.3, -0.25) is 4.79 Å². The summed E-state index contributed by atoms with van der Waals surface area (Å²) in [6.45, 7) is 2.01. The topological polar surface area (TPSA) is 113 Å². The predicted molar refractivity (Wildman–Crippen MR) is 113 cm³/mol. The third-order valence-corrected chi connectivity index (χ3v) is 7.53. The molecule has 1 aromatic carbocycles. The number of thiophene rings is 1. The normalized spacial score (nSPS) is 18.6. The Morgan fingerprint density at radius 3 is 2.83 bits per heavy atom. The molecule has 0 spiro atoms. The van der Waals surface area contributed by atoms with Crippen LogP contribution in [0.1, 0.15) is 25.3 Å². The molecule has 29 heavy (non-hydrogen) atoms. The Morgan fingerprint density at radius 1 is 1.31 bits per heavy atom. The second kappa shape index (κ2) is 6.33. The van der Waals surface area contributed by atoms with Crippen LogP contribution in [-0.4, -0.2) is 30.1 Å². The Balaban J connectivity index is 1.72. The van der Waals surface area contributed by atoms with Crippen molar-refractivity contribution in [2.45, 2.75) is 30.7 Å². The molecule has 0 radical (unpaired) electrons. The molecule has 150 valence electrons. The van der Waals surface area contributed by atoms with Crippen LogP contribution >= 0.6 is 11.3 Å². The number of hydrogen-bond acceptors (Lipinski definition) is 7. The van der Waals surface area contributed by atoms with Crippen LogP contribution in [0.5, 0.6) is 5.75 Å². The van der Waals surface area contributed by atoms with Crippen molar-refractivity contribution in [2.75, 3.05) is 10.7 Å². The third-order valence-electron chi connectivity index (χ3n) is 5.28. The van der Waals surface area contributed by atoms with E-state index < -0.39 is 15.6 Å². The van der Waals surface area contributed by atoms with E-state index in [1.54, 1.807) is 29.6 Å². The monoisotopic (exact) mass is 430 g/mol. The smallest absolute Gasteiger partial charge is 0.286 e. The van der Waals surface area contributed by atoms with Gasteiger partial charge in [0.2, 0.25) is 0 Å². The van der Waals surface area contributed by atoms with Crippen molar-refractivity contribution in [1.29, 1.82) is 0 Å². The number of pyridine rings is 1. The first kappa shape index (κ1) is 18.2. The summed E-state index contributed by atoms with van der Waals surface area (Å²) in [6.07, 6.45) is 2.20. The first-order valence-corrected chi connectivity index (χ1v) is 11.5. The van der Waals surface area contributed by atoms with Crippen LogP contribution in [0.3, 0.4) is 0 Å². The highest BCUT2D eigenvalue weighted by Gasteiger charge is 2.32. The number of benzene rings is 1. The molecule has 10 heteroatoms. The fourth-order valence-corrected chi connectivity index (χ4v) is 5.51. The van der Waals surface area contributed by atoms with Gasteiger partial charge in [-0.25, -0.2) is 4.68 Å². The lowest BCUT2D eigenvalue weighted by molar-refractivity contribution is 0.478. The maximum absolute atomic E-state index is 13.3. The van der Waals surface area contributed by atoms with Gasteiger partial charge in [0.25, 0.3) is 15.6 Å². The molecule has 2 aromatic heterocycles. The second-order valence-electron chi connectivity index (χ2n) is 7.29. The summed E-state index contributed by atoms with van der Waals surface area (Å²) < 4.78 is 30.9. The van der Waals surface area contributed by atoms with Crippen molar-refractivity contribution >= 4 is 43.1 Å². The molecular weight excluding hydrogens is 412 g/mol. The lowest BCUT2D eigenvalue weighted by atomic mass is 10.2. The van der Waals surface area contributed by atoms with Gasteiger partial charge in [0.1, 0.15) is 10.5 Å². The molecule has 1 saturated carbocycles. The zero-order valence-electron chi connectivity index (χ0n) is 15.4. The summed E-state index contributed by atoms with van der Waals surface area (Å²) in [5.74, 6) is 0.0271. The summed E-state index contributed by atoms with van der Waals surface area (Å²) in [6, 6.07) is 8.14. The molecule has 1 aliphatic carbocycles. The predicted octanol–water partition coefficient (Wildman–Crippen LogP) is 2.67. The number of hydrogen-bond donors (Lipinski definition) is 3. The van der Waals surface area contributed by atoms with Crippen molar-refractivity contribution in [1.82, 2.24) is 4.68 Å². The minimum atomic E-state index is -4.00. The van der Waals surface area contributed by atoms with Crippen LogP contribution in [0.15, 0.2) is 49.8 Å². The molecule has 3 aromatic rings. The van der Waals surface area contributed by atoms with Crippen molar-refractivity contribution in [3.63, 3.8) is 0 Å². The minimum Gasteiger partial charge on any atom is -0.505 e. The van der Waals surface area contributed by atoms with Crippen LogP contribution in [0.4, 0.5) is 5.69 Å². The van der Waals surface area contributed by atoms with Gasteiger partial charge in [0.05, 0.1) is 15.9 Å². The first-order chi connectivity index (χ1) is 13.9. The molecule has 1 unspecified atom stereocenters. The van der Waals surface area contributed by atoms with Gasteiger partial charge in [0.15, 0.2) is 11.6 Å². The van der Waals surface area contributed by atoms with Gasteiger partial charge in [0, 0.05) is 6.04 Å². The molecule has 3 heterocycles. The number of amidine groups is 1. The van der Waals surface area contributed by atoms with Crippen LogP contribution in [0.25, 0.3) is 10.2 Å². The van der Waals surface area contributed by atoms with Crippen molar-refractivity contribution in [3.8, 4) is 5.75 Å². The van der Waals surface area contributed by atoms with E-state index in [-0.39, 0.29) is 28.1 Å². The van der Waals surface area contributed by atoms with Crippen molar-refractivity contribution in [2.24, 2.45) is 10.3 Å². The summed E-state index contributed by atoms with van der Waals surface area (Å²) in [4.78, 5) is 13.4. The van der Waals surface area contributed by atoms with E-state index >= 15 is 0 Å². The number of nitrogens with one attached hydrogen (secondary N) is 2. The maximum Gasteiger partial charge on any atom is 0.286 e. The molecule has 5 rings (SSSR count). The largest absolute Gasteiger partial charge is 0.505 e. The van der Waals surface area contributed by atoms with Crippen LogP contribution in [-0.2, 0) is 10.0 Å². The van der Waals surface area contributed by atoms with Crippen molar-refractivity contribution < 1.29 is 13.5 Å². The maximum atomic E-state index is 13.3. The number of aromatic nitrogens is 1. The fraction of sp³-hybridized carbons (Fsp3) is 0.263. The molecule has 0 amide bonds.